The highest BCUT2D eigenvalue weighted by Gasteiger charge is 2.24. The Morgan fingerprint density at radius 1 is 1.26 bits per heavy atom. The van der Waals surface area contributed by atoms with Crippen LogP contribution in [0, 0.1) is 5.82 Å². The maximum Gasteiger partial charge on any atom is 0.408 e. The zero-order valence-electron chi connectivity index (χ0n) is 21.2. The van der Waals surface area contributed by atoms with E-state index in [1.165, 1.54) is 25.1 Å². The number of amides is 2. The molecule has 1 aromatic rings. The molecule has 0 spiro atoms. The number of esters is 1. The molecule has 0 radical (unpaired) electrons. The van der Waals surface area contributed by atoms with E-state index >= 15 is 0 Å². The molecule has 9 nitrogen and oxygen atoms in total. The lowest BCUT2D eigenvalue weighted by Crippen LogP contribution is -2.44. The van der Waals surface area contributed by atoms with E-state index in [0.29, 0.717) is 30.0 Å². The third-order valence-electron chi connectivity index (χ3n) is 5.22. The number of rotatable bonds is 9. The zero-order chi connectivity index (χ0) is 26.2. The number of benzene rings is 1. The summed E-state index contributed by atoms with van der Waals surface area (Å²) in [5, 5.41) is 8.56. The zero-order valence-corrected chi connectivity index (χ0v) is 21.2. The number of alkyl carbamates (subject to hydrolysis) is 1. The molecule has 194 valence electrons. The van der Waals surface area contributed by atoms with Gasteiger partial charge in [-0.1, -0.05) is 6.58 Å². The molecule has 1 aromatic carbocycles. The first kappa shape index (κ1) is 28.1. The number of ether oxygens (including phenoxy) is 2. The molecule has 0 saturated carbocycles. The number of hydrogen-bond donors (Lipinski definition) is 3. The molecule has 1 aliphatic rings. The second-order valence-corrected chi connectivity index (χ2v) is 9.75. The van der Waals surface area contributed by atoms with E-state index in [2.05, 4.69) is 27.4 Å². The Kier molecular flexibility index (Phi) is 10.1. The van der Waals surface area contributed by atoms with Crippen molar-refractivity contribution >= 4 is 29.3 Å². The number of nitrogens with one attached hydrogen (secondary N) is 3. The van der Waals surface area contributed by atoms with E-state index in [-0.39, 0.29) is 12.6 Å². The summed E-state index contributed by atoms with van der Waals surface area (Å²) >= 11 is 0. The molecular formula is C25H37FN4O5. The van der Waals surface area contributed by atoms with Crippen LogP contribution in [0.15, 0.2) is 30.4 Å². The van der Waals surface area contributed by atoms with Crippen LogP contribution in [0.1, 0.15) is 47.5 Å². The maximum absolute atomic E-state index is 14.0. The largest absolute Gasteiger partial charge is 0.461 e. The maximum atomic E-state index is 14.0. The average molecular weight is 493 g/mol. The molecule has 2 rings (SSSR count). The number of piperidine rings is 1. The molecule has 0 aliphatic carbocycles. The topological polar surface area (TPSA) is 109 Å². The van der Waals surface area contributed by atoms with Gasteiger partial charge in [0.2, 0.25) is 5.91 Å². The summed E-state index contributed by atoms with van der Waals surface area (Å²) < 4.78 is 24.4. The minimum Gasteiger partial charge on any atom is -0.461 e. The van der Waals surface area contributed by atoms with Crippen molar-refractivity contribution in [1.29, 1.82) is 0 Å². The van der Waals surface area contributed by atoms with Crippen molar-refractivity contribution in [1.82, 2.24) is 10.2 Å². The normalized spacial score (nSPS) is 17.1. The monoisotopic (exact) mass is 492 g/mol. The Morgan fingerprint density at radius 3 is 2.63 bits per heavy atom. The van der Waals surface area contributed by atoms with E-state index in [9.17, 15) is 18.8 Å². The molecule has 1 aliphatic heterocycles. The standard InChI is InChI=1S/C25H37FN4O5/c1-16(2)23(32)34-13-12-30-11-7-8-19(15-30)28-21-14-18(26)9-10-20(21)29-22(31)17(3)27-24(33)35-25(4,5)6/h9-10,14,17,19,28H,1,7-8,11-13,15H2,2-6H3,(H,27,33)(H,29,31)/t17-,19-/m0/s1. The lowest BCUT2D eigenvalue weighted by molar-refractivity contribution is -0.139. The number of anilines is 2. The quantitative estimate of drug-likeness (QED) is 0.356. The Bertz CT molecular complexity index is 931. The first-order valence-corrected chi connectivity index (χ1v) is 11.8. The summed E-state index contributed by atoms with van der Waals surface area (Å²) in [4.78, 5) is 38.3. The van der Waals surface area contributed by atoms with Gasteiger partial charge in [0, 0.05) is 24.7 Å². The minimum atomic E-state index is -0.866. The van der Waals surface area contributed by atoms with E-state index in [0.717, 1.165) is 19.4 Å². The second kappa shape index (κ2) is 12.5. The van der Waals surface area contributed by atoms with Gasteiger partial charge in [-0.05, 0) is 72.2 Å². The first-order chi connectivity index (χ1) is 16.3. The fourth-order valence-corrected chi connectivity index (χ4v) is 3.52. The summed E-state index contributed by atoms with van der Waals surface area (Å²) in [5.74, 6) is -1.31. The van der Waals surface area contributed by atoms with E-state index in [1.807, 2.05) is 0 Å². The van der Waals surface area contributed by atoms with Gasteiger partial charge in [-0.3, -0.25) is 9.69 Å². The van der Waals surface area contributed by atoms with Crippen LogP contribution in [0.2, 0.25) is 0 Å². The molecule has 0 bridgehead atoms. The van der Waals surface area contributed by atoms with Crippen molar-refractivity contribution in [3.8, 4) is 0 Å². The minimum absolute atomic E-state index is 0.00959. The van der Waals surface area contributed by atoms with Crippen LogP contribution >= 0.6 is 0 Å². The van der Waals surface area contributed by atoms with Gasteiger partial charge in [0.1, 0.15) is 24.1 Å². The van der Waals surface area contributed by atoms with Crippen LogP contribution in [0.3, 0.4) is 0 Å². The van der Waals surface area contributed by atoms with Crippen LogP contribution < -0.4 is 16.0 Å². The molecule has 10 heteroatoms. The van der Waals surface area contributed by atoms with Crippen LogP contribution in [0.25, 0.3) is 0 Å². The SMILES string of the molecule is C=C(C)C(=O)OCCN1CCC[C@H](Nc2cc(F)ccc2NC(=O)[C@H](C)NC(=O)OC(C)(C)C)C1. The number of likely N-dealkylation sites (tertiary alicyclic amines) is 1. The summed E-state index contributed by atoms with van der Waals surface area (Å²) in [6.07, 6.45) is 1.08. The van der Waals surface area contributed by atoms with E-state index in [1.54, 1.807) is 27.7 Å². The molecule has 0 aromatic heterocycles. The smallest absolute Gasteiger partial charge is 0.408 e. The number of carbonyl (C=O) groups excluding carboxylic acids is 3. The molecule has 3 N–H and O–H groups in total. The van der Waals surface area contributed by atoms with E-state index in [4.69, 9.17) is 9.47 Å². The summed E-state index contributed by atoms with van der Waals surface area (Å²) in [7, 11) is 0. The van der Waals surface area contributed by atoms with Gasteiger partial charge in [0.15, 0.2) is 0 Å². The second-order valence-electron chi connectivity index (χ2n) is 9.75. The van der Waals surface area contributed by atoms with Crippen molar-refractivity contribution in [2.75, 3.05) is 36.9 Å². The van der Waals surface area contributed by atoms with Crippen molar-refractivity contribution in [2.45, 2.75) is 65.1 Å². The van der Waals surface area contributed by atoms with Crippen molar-refractivity contribution in [3.05, 3.63) is 36.2 Å². The summed E-state index contributed by atoms with van der Waals surface area (Å²) in [5.41, 5.74) is 0.527. The fraction of sp³-hybridized carbons (Fsp3) is 0.560. The lowest BCUT2D eigenvalue weighted by Gasteiger charge is -2.34. The van der Waals surface area contributed by atoms with Crippen LogP contribution in [-0.4, -0.2) is 66.8 Å². The molecule has 0 unspecified atom stereocenters. The molecule has 2 amide bonds. The Balaban J connectivity index is 1.96. The first-order valence-electron chi connectivity index (χ1n) is 11.8. The third kappa shape index (κ3) is 9.94. The summed E-state index contributed by atoms with van der Waals surface area (Å²) in [6, 6.07) is 3.21. The van der Waals surface area contributed by atoms with Crippen LogP contribution in [-0.2, 0) is 19.1 Å². The van der Waals surface area contributed by atoms with Gasteiger partial charge in [-0.15, -0.1) is 0 Å². The Hall–Kier alpha value is -3.14. The van der Waals surface area contributed by atoms with Gasteiger partial charge < -0.3 is 25.4 Å². The van der Waals surface area contributed by atoms with Crippen molar-refractivity contribution in [2.24, 2.45) is 0 Å². The average Bonchev–Trinajstić information content (AvgIpc) is 2.74. The predicted octanol–water partition coefficient (Wildman–Crippen LogP) is 3.67. The number of halogens is 1. The highest BCUT2D eigenvalue weighted by molar-refractivity contribution is 5.98. The van der Waals surface area contributed by atoms with Crippen molar-refractivity contribution < 1.29 is 28.2 Å². The van der Waals surface area contributed by atoms with Gasteiger partial charge >= 0.3 is 12.1 Å². The Morgan fingerprint density at radius 2 is 1.97 bits per heavy atom. The van der Waals surface area contributed by atoms with Crippen molar-refractivity contribution in [3.63, 3.8) is 0 Å². The molecular weight excluding hydrogens is 455 g/mol. The molecule has 1 heterocycles. The van der Waals surface area contributed by atoms with E-state index < -0.39 is 35.4 Å². The van der Waals surface area contributed by atoms with Gasteiger partial charge in [0.25, 0.3) is 0 Å². The predicted molar refractivity (Wildman–Crippen MR) is 133 cm³/mol. The molecule has 2 atom stereocenters. The molecule has 1 fully saturated rings. The molecule has 35 heavy (non-hydrogen) atoms. The van der Waals surface area contributed by atoms with Gasteiger partial charge in [-0.2, -0.15) is 0 Å². The number of carbonyl (C=O) groups is 3. The fourth-order valence-electron chi connectivity index (χ4n) is 3.52. The number of hydrogen-bond acceptors (Lipinski definition) is 7. The van der Waals surface area contributed by atoms with Gasteiger partial charge in [0.05, 0.1) is 11.4 Å². The third-order valence-corrected chi connectivity index (χ3v) is 5.22. The highest BCUT2D eigenvalue weighted by Crippen LogP contribution is 2.26. The number of nitrogens with zero attached hydrogens (tertiary/aromatic N) is 1. The summed E-state index contributed by atoms with van der Waals surface area (Å²) in [6.45, 7) is 14.3. The highest BCUT2D eigenvalue weighted by atomic mass is 19.1. The van der Waals surface area contributed by atoms with Gasteiger partial charge in [-0.25, -0.2) is 14.0 Å². The van der Waals surface area contributed by atoms with Crippen LogP contribution in [0.5, 0.6) is 0 Å². The lowest BCUT2D eigenvalue weighted by atomic mass is 10.0. The van der Waals surface area contributed by atoms with Crippen LogP contribution in [0.4, 0.5) is 20.6 Å². The Labute approximate surface area is 206 Å². The molecule has 1 saturated heterocycles.